The van der Waals surface area contributed by atoms with Crippen molar-refractivity contribution in [3.05, 3.63) is 24.3 Å². The Labute approximate surface area is 126 Å². The number of amides is 1. The zero-order chi connectivity index (χ0) is 16.1. The maximum Gasteiger partial charge on any atom is 0.232 e. The van der Waals surface area contributed by atoms with Crippen molar-refractivity contribution in [3.63, 3.8) is 0 Å². The molecule has 0 aromatic heterocycles. The lowest BCUT2D eigenvalue weighted by atomic mass is 10.00. The second-order valence-electron chi connectivity index (χ2n) is 5.62. The molecule has 7 heteroatoms. The van der Waals surface area contributed by atoms with E-state index < -0.39 is 10.0 Å². The van der Waals surface area contributed by atoms with Crippen molar-refractivity contribution in [3.8, 4) is 0 Å². The van der Waals surface area contributed by atoms with Crippen molar-refractivity contribution in [1.82, 2.24) is 0 Å². The Kier molecular flexibility index (Phi) is 5.74. The van der Waals surface area contributed by atoms with Crippen LogP contribution in [0.3, 0.4) is 0 Å². The minimum atomic E-state index is -3.28. The maximum absolute atomic E-state index is 11.7. The van der Waals surface area contributed by atoms with Gasteiger partial charge in [-0.15, -0.1) is 0 Å². The number of hydrogen-bond acceptors (Lipinski definition) is 4. The fraction of sp³-hybridized carbons (Fsp3) is 0.500. The molecule has 1 aromatic carbocycles. The molecule has 0 aliphatic carbocycles. The van der Waals surface area contributed by atoms with E-state index in [-0.39, 0.29) is 17.2 Å². The van der Waals surface area contributed by atoms with Crippen molar-refractivity contribution in [1.29, 1.82) is 0 Å². The van der Waals surface area contributed by atoms with Crippen LogP contribution in [0.4, 0.5) is 11.4 Å². The molecular formula is C14H23N3O3S. The lowest BCUT2D eigenvalue weighted by Crippen LogP contribution is -2.33. The van der Waals surface area contributed by atoms with Gasteiger partial charge in [0.2, 0.25) is 15.9 Å². The number of nitrogens with two attached hydrogens (primary N) is 1. The van der Waals surface area contributed by atoms with Crippen LogP contribution < -0.4 is 15.8 Å². The van der Waals surface area contributed by atoms with Crippen molar-refractivity contribution in [2.24, 2.45) is 5.73 Å². The van der Waals surface area contributed by atoms with E-state index in [2.05, 4.69) is 10.0 Å². The summed E-state index contributed by atoms with van der Waals surface area (Å²) in [5.41, 5.74) is 6.54. The number of nitrogens with one attached hydrogen (secondary N) is 2. The Bertz CT molecular complexity index is 574. The molecule has 4 N–H and O–H groups in total. The quantitative estimate of drug-likeness (QED) is 0.715. The average Bonchev–Trinajstić information content (AvgIpc) is 2.38. The molecule has 0 radical (unpaired) electrons. The molecule has 21 heavy (non-hydrogen) atoms. The van der Waals surface area contributed by atoms with Gasteiger partial charge in [0.05, 0.1) is 5.75 Å². The predicted molar refractivity (Wildman–Crippen MR) is 85.7 cm³/mol. The highest BCUT2D eigenvalue weighted by Gasteiger charge is 2.13. The first kappa shape index (κ1) is 17.5. The lowest BCUT2D eigenvalue weighted by Gasteiger charge is -2.17. The summed E-state index contributed by atoms with van der Waals surface area (Å²) in [5.74, 6) is -0.101. The first-order valence-corrected chi connectivity index (χ1v) is 8.46. The van der Waals surface area contributed by atoms with Crippen molar-refractivity contribution < 1.29 is 13.2 Å². The van der Waals surface area contributed by atoms with Gasteiger partial charge in [-0.25, -0.2) is 8.42 Å². The van der Waals surface area contributed by atoms with E-state index in [4.69, 9.17) is 5.73 Å². The third kappa shape index (κ3) is 7.10. The standard InChI is InChI=1S/C14H23N3O3S/c1-4-21(19,20)17-12-7-5-11(6-8-12)16-13(18)9-10-14(2,3)15/h5-8,17H,4,9-10,15H2,1-3H3,(H,16,18). The normalized spacial score (nSPS) is 12.0. The number of carbonyl (C=O) groups is 1. The van der Waals surface area contributed by atoms with Crippen LogP contribution in [0.5, 0.6) is 0 Å². The second kappa shape index (κ2) is 6.91. The van der Waals surface area contributed by atoms with E-state index >= 15 is 0 Å². The SMILES string of the molecule is CCS(=O)(=O)Nc1ccc(NC(=O)CCC(C)(C)N)cc1. The lowest BCUT2D eigenvalue weighted by molar-refractivity contribution is -0.116. The summed E-state index contributed by atoms with van der Waals surface area (Å²) < 4.78 is 25.3. The zero-order valence-electron chi connectivity index (χ0n) is 12.6. The maximum atomic E-state index is 11.7. The topological polar surface area (TPSA) is 101 Å². The number of sulfonamides is 1. The minimum absolute atomic E-state index is 0.0142. The van der Waals surface area contributed by atoms with E-state index in [0.717, 1.165) is 0 Å². The Balaban J connectivity index is 2.57. The van der Waals surface area contributed by atoms with Gasteiger partial charge in [0, 0.05) is 23.3 Å². The van der Waals surface area contributed by atoms with Gasteiger partial charge >= 0.3 is 0 Å². The smallest absolute Gasteiger partial charge is 0.232 e. The molecule has 6 nitrogen and oxygen atoms in total. The number of carbonyl (C=O) groups excluding carboxylic acids is 1. The second-order valence-corrected chi connectivity index (χ2v) is 7.63. The molecule has 1 aromatic rings. The number of anilines is 2. The van der Waals surface area contributed by atoms with E-state index in [0.29, 0.717) is 24.2 Å². The molecule has 0 atom stereocenters. The highest BCUT2D eigenvalue weighted by atomic mass is 32.2. The van der Waals surface area contributed by atoms with Gasteiger partial charge in [0.1, 0.15) is 0 Å². The Morgan fingerprint density at radius 3 is 2.19 bits per heavy atom. The van der Waals surface area contributed by atoms with Gasteiger partial charge in [0.15, 0.2) is 0 Å². The first-order chi connectivity index (χ1) is 9.61. The highest BCUT2D eigenvalue weighted by Crippen LogP contribution is 2.16. The van der Waals surface area contributed by atoms with E-state index in [1.54, 1.807) is 31.2 Å². The Morgan fingerprint density at radius 2 is 1.71 bits per heavy atom. The first-order valence-electron chi connectivity index (χ1n) is 6.80. The molecule has 1 rings (SSSR count). The Morgan fingerprint density at radius 1 is 1.19 bits per heavy atom. The van der Waals surface area contributed by atoms with Crippen LogP contribution in [0.1, 0.15) is 33.6 Å². The van der Waals surface area contributed by atoms with Crippen LogP contribution in [0.25, 0.3) is 0 Å². The summed E-state index contributed by atoms with van der Waals surface area (Å²) in [5, 5.41) is 2.75. The van der Waals surface area contributed by atoms with E-state index in [9.17, 15) is 13.2 Å². The van der Waals surface area contributed by atoms with Crippen LogP contribution in [0.2, 0.25) is 0 Å². The van der Waals surface area contributed by atoms with E-state index in [1.807, 2.05) is 13.8 Å². The third-order valence-electron chi connectivity index (χ3n) is 2.82. The van der Waals surface area contributed by atoms with Crippen LogP contribution in [-0.2, 0) is 14.8 Å². The summed E-state index contributed by atoms with van der Waals surface area (Å²) in [6, 6.07) is 6.52. The van der Waals surface area contributed by atoms with Crippen LogP contribution in [0, 0.1) is 0 Å². The molecule has 0 unspecified atom stereocenters. The molecule has 0 saturated carbocycles. The summed E-state index contributed by atoms with van der Waals surface area (Å²) in [6.45, 7) is 5.31. The molecule has 118 valence electrons. The molecule has 0 spiro atoms. The molecule has 0 heterocycles. The van der Waals surface area contributed by atoms with Gasteiger partial charge < -0.3 is 11.1 Å². The largest absolute Gasteiger partial charge is 0.326 e. The van der Waals surface area contributed by atoms with Gasteiger partial charge in [-0.1, -0.05) is 0 Å². The third-order valence-corrected chi connectivity index (χ3v) is 4.13. The zero-order valence-corrected chi connectivity index (χ0v) is 13.5. The van der Waals surface area contributed by atoms with Gasteiger partial charge in [-0.3, -0.25) is 9.52 Å². The van der Waals surface area contributed by atoms with Gasteiger partial charge in [-0.2, -0.15) is 0 Å². The fourth-order valence-corrected chi connectivity index (χ4v) is 2.17. The molecule has 0 aliphatic heterocycles. The molecule has 1 amide bonds. The van der Waals surface area contributed by atoms with Crippen LogP contribution in [0.15, 0.2) is 24.3 Å². The molecular weight excluding hydrogens is 290 g/mol. The van der Waals surface area contributed by atoms with Gasteiger partial charge in [-0.05, 0) is 51.5 Å². The number of benzene rings is 1. The highest BCUT2D eigenvalue weighted by molar-refractivity contribution is 7.92. The van der Waals surface area contributed by atoms with E-state index in [1.165, 1.54) is 0 Å². The fourth-order valence-electron chi connectivity index (χ4n) is 1.53. The molecule has 0 fully saturated rings. The predicted octanol–water partition coefficient (Wildman–Crippen LogP) is 1.90. The molecule has 0 saturated heterocycles. The number of rotatable bonds is 7. The van der Waals surface area contributed by atoms with Crippen LogP contribution in [-0.4, -0.2) is 25.6 Å². The van der Waals surface area contributed by atoms with Crippen molar-refractivity contribution in [2.45, 2.75) is 39.2 Å². The van der Waals surface area contributed by atoms with Gasteiger partial charge in [0.25, 0.3) is 0 Å². The summed E-state index contributed by atoms with van der Waals surface area (Å²) >= 11 is 0. The summed E-state index contributed by atoms with van der Waals surface area (Å²) in [6.07, 6.45) is 0.931. The van der Waals surface area contributed by atoms with Crippen LogP contribution >= 0.6 is 0 Å². The van der Waals surface area contributed by atoms with Crippen molar-refractivity contribution >= 4 is 27.3 Å². The number of hydrogen-bond donors (Lipinski definition) is 3. The minimum Gasteiger partial charge on any atom is -0.326 e. The summed E-state index contributed by atoms with van der Waals surface area (Å²) in [7, 11) is -3.28. The molecule has 0 bridgehead atoms. The van der Waals surface area contributed by atoms with Crippen molar-refractivity contribution in [2.75, 3.05) is 15.8 Å². The monoisotopic (exact) mass is 313 g/mol. The summed E-state index contributed by atoms with van der Waals surface area (Å²) in [4.78, 5) is 11.7. The average molecular weight is 313 g/mol. The Hall–Kier alpha value is -1.60. The molecule has 0 aliphatic rings.